The van der Waals surface area contributed by atoms with E-state index in [9.17, 15) is 19.2 Å². The number of likely N-dealkylation sites (tertiary alicyclic amines) is 1. The molecule has 3 unspecified atom stereocenters. The van der Waals surface area contributed by atoms with Gasteiger partial charge in [-0.3, -0.25) is 19.7 Å². The summed E-state index contributed by atoms with van der Waals surface area (Å²) >= 11 is 0. The number of carbonyl (C=O) groups excluding carboxylic acids is 3. The zero-order valence-electron chi connectivity index (χ0n) is 11.1. The van der Waals surface area contributed by atoms with Crippen molar-refractivity contribution in [3.05, 3.63) is 0 Å². The number of aliphatic carboxylic acids is 1. The minimum absolute atomic E-state index is 0.125. The largest absolute Gasteiger partial charge is 0.481 e. The molecule has 2 heterocycles. The molecule has 3 N–H and O–H groups in total. The molecule has 2 rings (SSSR count). The Morgan fingerprint density at radius 3 is 2.60 bits per heavy atom. The highest BCUT2D eigenvalue weighted by Gasteiger charge is 2.38. The van der Waals surface area contributed by atoms with E-state index in [0.29, 0.717) is 6.54 Å². The van der Waals surface area contributed by atoms with Crippen molar-refractivity contribution in [1.82, 2.24) is 15.5 Å². The van der Waals surface area contributed by atoms with Gasteiger partial charge in [-0.25, -0.2) is 4.79 Å². The first-order valence-corrected chi connectivity index (χ1v) is 6.50. The third-order valence-corrected chi connectivity index (χ3v) is 3.75. The zero-order valence-corrected chi connectivity index (χ0v) is 11.1. The van der Waals surface area contributed by atoms with Crippen molar-refractivity contribution in [2.75, 3.05) is 13.1 Å². The summed E-state index contributed by atoms with van der Waals surface area (Å²) in [6.45, 7) is 2.25. The number of nitrogens with one attached hydrogen (secondary N) is 2. The topological polar surface area (TPSA) is 116 Å². The number of carbonyl (C=O) groups is 4. The maximum atomic E-state index is 12.0. The van der Waals surface area contributed by atoms with Gasteiger partial charge in [-0.05, 0) is 12.3 Å². The predicted molar refractivity (Wildman–Crippen MR) is 66.6 cm³/mol. The van der Waals surface area contributed by atoms with Crippen LogP contribution in [-0.2, 0) is 14.4 Å². The quantitative estimate of drug-likeness (QED) is 0.571. The van der Waals surface area contributed by atoms with Crippen LogP contribution in [0.25, 0.3) is 0 Å². The molecule has 8 heteroatoms. The van der Waals surface area contributed by atoms with Gasteiger partial charge in [0.15, 0.2) is 0 Å². The molecule has 0 spiro atoms. The molecule has 0 bridgehead atoms. The van der Waals surface area contributed by atoms with Gasteiger partial charge in [0.2, 0.25) is 11.8 Å². The van der Waals surface area contributed by atoms with Gasteiger partial charge in [0, 0.05) is 19.5 Å². The van der Waals surface area contributed by atoms with Crippen molar-refractivity contribution in [2.45, 2.75) is 25.8 Å². The molecular formula is C12H17N3O5. The van der Waals surface area contributed by atoms with Gasteiger partial charge >= 0.3 is 12.0 Å². The van der Waals surface area contributed by atoms with Crippen LogP contribution in [0.4, 0.5) is 4.79 Å². The molecule has 0 radical (unpaired) electrons. The van der Waals surface area contributed by atoms with E-state index in [4.69, 9.17) is 5.11 Å². The smallest absolute Gasteiger partial charge is 0.318 e. The highest BCUT2D eigenvalue weighted by atomic mass is 16.4. The van der Waals surface area contributed by atoms with Crippen LogP contribution in [0, 0.1) is 11.8 Å². The Labute approximate surface area is 115 Å². The minimum atomic E-state index is -0.922. The summed E-state index contributed by atoms with van der Waals surface area (Å²) < 4.78 is 0. The molecule has 0 aliphatic carbocycles. The molecule has 2 aliphatic heterocycles. The first-order valence-electron chi connectivity index (χ1n) is 6.50. The lowest BCUT2D eigenvalue weighted by molar-refractivity contribution is -0.142. The number of hydrogen-bond donors (Lipinski definition) is 3. The standard InChI is InChI=1S/C12H17N3O5/c1-6-4-15(5-7(6)11(18)19)12(20)13-8-2-3-9(16)14-10(8)17/h6-8H,2-5H2,1H3,(H,13,20)(H,18,19)(H,14,16,17). The van der Waals surface area contributed by atoms with Crippen molar-refractivity contribution in [3.63, 3.8) is 0 Å². The Bertz CT molecular complexity index is 464. The van der Waals surface area contributed by atoms with E-state index in [1.54, 1.807) is 6.92 Å². The van der Waals surface area contributed by atoms with E-state index in [2.05, 4.69) is 10.6 Å². The lowest BCUT2D eigenvalue weighted by Crippen LogP contribution is -2.54. The summed E-state index contributed by atoms with van der Waals surface area (Å²) in [5.74, 6) is -2.49. The summed E-state index contributed by atoms with van der Waals surface area (Å²) in [4.78, 5) is 46.9. The lowest BCUT2D eigenvalue weighted by Gasteiger charge is -2.25. The second-order valence-corrected chi connectivity index (χ2v) is 5.28. The van der Waals surface area contributed by atoms with Gasteiger partial charge in [-0.15, -0.1) is 0 Å². The summed E-state index contributed by atoms with van der Waals surface area (Å²) in [6, 6.07) is -1.20. The van der Waals surface area contributed by atoms with E-state index in [0.717, 1.165) is 0 Å². The van der Waals surface area contributed by atoms with Crippen LogP contribution < -0.4 is 10.6 Å². The molecule has 3 atom stereocenters. The van der Waals surface area contributed by atoms with E-state index in [1.165, 1.54) is 4.90 Å². The van der Waals surface area contributed by atoms with Gasteiger partial charge in [0.05, 0.1) is 5.92 Å². The van der Waals surface area contributed by atoms with Crippen molar-refractivity contribution in [2.24, 2.45) is 11.8 Å². The number of hydrogen-bond acceptors (Lipinski definition) is 4. The summed E-state index contributed by atoms with van der Waals surface area (Å²) in [5.41, 5.74) is 0. The lowest BCUT2D eigenvalue weighted by atomic mass is 9.99. The van der Waals surface area contributed by atoms with E-state index >= 15 is 0 Å². The Morgan fingerprint density at radius 2 is 2.05 bits per heavy atom. The van der Waals surface area contributed by atoms with Crippen LogP contribution in [-0.4, -0.2) is 53.0 Å². The van der Waals surface area contributed by atoms with Gasteiger partial charge in [-0.2, -0.15) is 0 Å². The molecule has 0 aromatic rings. The maximum absolute atomic E-state index is 12.0. The number of piperidine rings is 1. The van der Waals surface area contributed by atoms with Crippen LogP contribution in [0.1, 0.15) is 19.8 Å². The SMILES string of the molecule is CC1CN(C(=O)NC2CCC(=O)NC2=O)CC1C(=O)O. The number of rotatable bonds is 2. The number of nitrogens with zero attached hydrogens (tertiary/aromatic N) is 1. The maximum Gasteiger partial charge on any atom is 0.318 e. The van der Waals surface area contributed by atoms with Crippen molar-refractivity contribution < 1.29 is 24.3 Å². The highest BCUT2D eigenvalue weighted by molar-refractivity contribution is 6.01. The van der Waals surface area contributed by atoms with Crippen LogP contribution in [0.15, 0.2) is 0 Å². The van der Waals surface area contributed by atoms with Crippen LogP contribution in [0.3, 0.4) is 0 Å². The Hall–Kier alpha value is -2.12. The molecule has 110 valence electrons. The van der Waals surface area contributed by atoms with E-state index in [-0.39, 0.29) is 31.2 Å². The van der Waals surface area contributed by atoms with Gasteiger partial charge in [0.1, 0.15) is 6.04 Å². The summed E-state index contributed by atoms with van der Waals surface area (Å²) in [7, 11) is 0. The first kappa shape index (κ1) is 14.3. The van der Waals surface area contributed by atoms with Crippen molar-refractivity contribution in [1.29, 1.82) is 0 Å². The molecule has 4 amide bonds. The molecule has 0 aromatic carbocycles. The summed E-state index contributed by atoms with van der Waals surface area (Å²) in [6.07, 6.45) is 0.451. The molecular weight excluding hydrogens is 266 g/mol. The Kier molecular flexibility index (Phi) is 3.91. The zero-order chi connectivity index (χ0) is 14.9. The average molecular weight is 283 g/mol. The normalized spacial score (nSPS) is 30.1. The molecule has 20 heavy (non-hydrogen) atoms. The number of urea groups is 1. The Balaban J connectivity index is 1.91. The van der Waals surface area contributed by atoms with Gasteiger partial charge in [-0.1, -0.05) is 6.92 Å². The Morgan fingerprint density at radius 1 is 1.35 bits per heavy atom. The average Bonchev–Trinajstić information content (AvgIpc) is 2.75. The van der Waals surface area contributed by atoms with E-state index in [1.807, 2.05) is 0 Å². The van der Waals surface area contributed by atoms with Crippen LogP contribution >= 0.6 is 0 Å². The second-order valence-electron chi connectivity index (χ2n) is 5.28. The molecule has 2 aliphatic rings. The molecule has 2 fully saturated rings. The number of amides is 4. The third-order valence-electron chi connectivity index (χ3n) is 3.75. The summed E-state index contributed by atoms with van der Waals surface area (Å²) in [5, 5.41) is 13.7. The van der Waals surface area contributed by atoms with Crippen molar-refractivity contribution >= 4 is 23.8 Å². The van der Waals surface area contributed by atoms with Crippen LogP contribution in [0.5, 0.6) is 0 Å². The molecule has 2 saturated heterocycles. The van der Waals surface area contributed by atoms with Crippen molar-refractivity contribution in [3.8, 4) is 0 Å². The van der Waals surface area contributed by atoms with E-state index < -0.39 is 29.9 Å². The van der Waals surface area contributed by atoms with Gasteiger partial charge < -0.3 is 15.3 Å². The third kappa shape index (κ3) is 2.89. The minimum Gasteiger partial charge on any atom is -0.481 e. The number of imide groups is 1. The molecule has 0 saturated carbocycles. The second kappa shape index (κ2) is 5.48. The monoisotopic (exact) mass is 283 g/mol. The number of carboxylic acid groups (broad SMARTS) is 1. The fourth-order valence-corrected chi connectivity index (χ4v) is 2.53. The highest BCUT2D eigenvalue weighted by Crippen LogP contribution is 2.23. The fraction of sp³-hybridized carbons (Fsp3) is 0.667. The molecule has 8 nitrogen and oxygen atoms in total. The fourth-order valence-electron chi connectivity index (χ4n) is 2.53. The molecule has 0 aromatic heterocycles. The first-order chi connectivity index (χ1) is 9.38. The number of carboxylic acids is 1. The predicted octanol–water partition coefficient (Wildman–Crippen LogP) is -0.846. The van der Waals surface area contributed by atoms with Gasteiger partial charge in [0.25, 0.3) is 0 Å². The van der Waals surface area contributed by atoms with Crippen LogP contribution in [0.2, 0.25) is 0 Å².